The number of rotatable bonds is 5. The van der Waals surface area contributed by atoms with Crippen molar-refractivity contribution in [3.05, 3.63) is 102 Å². The minimum absolute atomic E-state index is 0.455. The first-order valence-corrected chi connectivity index (χ1v) is 9.85. The molecule has 0 bridgehead atoms. The summed E-state index contributed by atoms with van der Waals surface area (Å²) < 4.78 is 18.3. The molecule has 0 fully saturated rings. The lowest BCUT2D eigenvalue weighted by Gasteiger charge is -2.11. The Hall–Kier alpha value is -2.39. The maximum Gasteiger partial charge on any atom is 0.0730 e. The molecule has 0 aliphatic heterocycles. The van der Waals surface area contributed by atoms with Gasteiger partial charge in [-0.2, -0.15) is 4.36 Å². The van der Waals surface area contributed by atoms with Crippen molar-refractivity contribution >= 4 is 15.4 Å². The van der Waals surface area contributed by atoms with Gasteiger partial charge in [-0.1, -0.05) is 78.4 Å². The second-order valence-electron chi connectivity index (χ2n) is 5.96. The lowest BCUT2D eigenvalue weighted by Crippen LogP contribution is -2.07. The van der Waals surface area contributed by atoms with Crippen LogP contribution in [-0.4, -0.2) is 4.21 Å². The fourth-order valence-electron chi connectivity index (χ4n) is 2.58. The van der Waals surface area contributed by atoms with Gasteiger partial charge in [0.25, 0.3) is 0 Å². The van der Waals surface area contributed by atoms with Gasteiger partial charge in [-0.15, -0.1) is 0 Å². The van der Waals surface area contributed by atoms with Gasteiger partial charge < -0.3 is 0 Å². The van der Waals surface area contributed by atoms with Crippen LogP contribution in [0.15, 0.2) is 89.3 Å². The Morgan fingerprint density at radius 2 is 1.17 bits per heavy atom. The van der Waals surface area contributed by atoms with E-state index in [0.29, 0.717) is 11.5 Å². The van der Waals surface area contributed by atoms with Gasteiger partial charge in [-0.05, 0) is 30.2 Å². The molecule has 122 valence electrons. The first-order valence-electron chi connectivity index (χ1n) is 8.00. The summed E-state index contributed by atoms with van der Waals surface area (Å²) in [6, 6.07) is 27.8. The topological polar surface area (TPSA) is 29.4 Å². The number of hydrogen-bond acceptors (Lipinski definition) is 2. The van der Waals surface area contributed by atoms with Crippen molar-refractivity contribution in [3.63, 3.8) is 0 Å². The van der Waals surface area contributed by atoms with Crippen LogP contribution < -0.4 is 0 Å². The number of nitrogens with zero attached hydrogens (tertiary/aromatic N) is 1. The largest absolute Gasteiger partial charge is 0.249 e. The minimum Gasteiger partial charge on any atom is -0.249 e. The average molecular weight is 335 g/mol. The fourth-order valence-corrected chi connectivity index (χ4v) is 4.75. The van der Waals surface area contributed by atoms with Crippen molar-refractivity contribution in [2.45, 2.75) is 18.4 Å². The van der Waals surface area contributed by atoms with E-state index in [0.717, 1.165) is 16.8 Å². The molecule has 3 rings (SSSR count). The van der Waals surface area contributed by atoms with E-state index in [2.05, 4.69) is 4.36 Å². The predicted molar refractivity (Wildman–Crippen MR) is 102 cm³/mol. The first kappa shape index (κ1) is 16.5. The van der Waals surface area contributed by atoms with E-state index < -0.39 is 9.73 Å². The van der Waals surface area contributed by atoms with Crippen molar-refractivity contribution < 1.29 is 4.21 Å². The molecule has 0 amide bonds. The van der Waals surface area contributed by atoms with Gasteiger partial charge in [0, 0.05) is 0 Å². The molecule has 0 atom stereocenters. The van der Waals surface area contributed by atoms with Crippen LogP contribution >= 0.6 is 0 Å². The Balaban J connectivity index is 1.99. The van der Waals surface area contributed by atoms with Crippen LogP contribution in [0.25, 0.3) is 0 Å². The van der Waals surface area contributed by atoms with Crippen molar-refractivity contribution in [1.82, 2.24) is 0 Å². The van der Waals surface area contributed by atoms with Crippen LogP contribution in [-0.2, 0) is 21.2 Å². The first-order chi connectivity index (χ1) is 11.6. The Morgan fingerprint density at radius 3 is 1.62 bits per heavy atom. The standard InChI is InChI=1S/C21H21NOS/c1-18-12-14-21(15-13-18)22-24(23,16-19-8-4-2-5-9-19)17-20-10-6-3-7-11-20/h2-15H,16-17H2,1H3. The molecule has 0 radical (unpaired) electrons. The molecule has 0 N–H and O–H groups in total. The maximum absolute atomic E-state index is 13.6. The summed E-state index contributed by atoms with van der Waals surface area (Å²) in [6.07, 6.45) is 0. The zero-order valence-corrected chi connectivity index (χ0v) is 14.6. The van der Waals surface area contributed by atoms with E-state index >= 15 is 0 Å². The van der Waals surface area contributed by atoms with E-state index in [4.69, 9.17) is 0 Å². The molecule has 0 aliphatic rings. The van der Waals surface area contributed by atoms with Gasteiger partial charge in [0.1, 0.15) is 0 Å². The quantitative estimate of drug-likeness (QED) is 0.606. The fraction of sp³-hybridized carbons (Fsp3) is 0.143. The zero-order chi connectivity index (χ0) is 16.8. The molecule has 0 aliphatic carbocycles. The molecule has 3 aromatic rings. The molecule has 0 spiro atoms. The second-order valence-corrected chi connectivity index (χ2v) is 8.26. The van der Waals surface area contributed by atoms with E-state index in [-0.39, 0.29) is 0 Å². The highest BCUT2D eigenvalue weighted by molar-refractivity contribution is 7.92. The summed E-state index contributed by atoms with van der Waals surface area (Å²) in [5.41, 5.74) is 4.05. The van der Waals surface area contributed by atoms with E-state index in [1.165, 1.54) is 5.56 Å². The zero-order valence-electron chi connectivity index (χ0n) is 13.8. The summed E-state index contributed by atoms with van der Waals surface area (Å²) in [4.78, 5) is 0. The lowest BCUT2D eigenvalue weighted by molar-refractivity contribution is 0.675. The molecule has 0 heterocycles. The van der Waals surface area contributed by atoms with E-state index in [9.17, 15) is 4.21 Å². The number of hydrogen-bond donors (Lipinski definition) is 0. The summed E-state index contributed by atoms with van der Waals surface area (Å²) in [5.74, 6) is 0.910. The van der Waals surface area contributed by atoms with Crippen LogP contribution in [0.1, 0.15) is 16.7 Å². The molecular weight excluding hydrogens is 314 g/mol. The van der Waals surface area contributed by atoms with E-state index in [1.54, 1.807) is 0 Å². The van der Waals surface area contributed by atoms with Crippen molar-refractivity contribution in [3.8, 4) is 0 Å². The SMILES string of the molecule is Cc1ccc(N=S(=O)(Cc2ccccc2)Cc2ccccc2)cc1. The number of benzene rings is 3. The molecule has 0 unspecified atom stereocenters. The minimum atomic E-state index is -2.44. The van der Waals surface area contributed by atoms with Gasteiger partial charge in [-0.25, -0.2) is 4.21 Å². The third-order valence-electron chi connectivity index (χ3n) is 3.78. The molecule has 3 heteroatoms. The van der Waals surface area contributed by atoms with Crippen molar-refractivity contribution in [1.29, 1.82) is 0 Å². The summed E-state index contributed by atoms with van der Waals surface area (Å²) >= 11 is 0. The molecule has 0 saturated heterocycles. The van der Waals surface area contributed by atoms with Crippen LogP contribution in [0.2, 0.25) is 0 Å². The molecule has 24 heavy (non-hydrogen) atoms. The molecule has 3 aromatic carbocycles. The smallest absolute Gasteiger partial charge is 0.0730 e. The Kier molecular flexibility index (Phi) is 5.11. The van der Waals surface area contributed by atoms with Crippen molar-refractivity contribution in [2.75, 3.05) is 0 Å². The van der Waals surface area contributed by atoms with Gasteiger partial charge in [0.2, 0.25) is 0 Å². The van der Waals surface area contributed by atoms with Gasteiger partial charge in [0.05, 0.1) is 26.9 Å². The van der Waals surface area contributed by atoms with Crippen LogP contribution in [0.4, 0.5) is 5.69 Å². The normalized spacial score (nSPS) is 11.2. The Morgan fingerprint density at radius 1 is 0.708 bits per heavy atom. The Bertz CT molecular complexity index is 846. The monoisotopic (exact) mass is 335 g/mol. The maximum atomic E-state index is 13.6. The molecule has 0 saturated carbocycles. The lowest BCUT2D eigenvalue weighted by atomic mass is 10.2. The molecular formula is C21H21NOS. The average Bonchev–Trinajstić information content (AvgIpc) is 2.58. The molecule has 0 aromatic heterocycles. The Labute approximate surface area is 144 Å². The van der Waals surface area contributed by atoms with Crippen LogP contribution in [0.5, 0.6) is 0 Å². The van der Waals surface area contributed by atoms with Crippen molar-refractivity contribution in [2.24, 2.45) is 4.36 Å². The van der Waals surface area contributed by atoms with E-state index in [1.807, 2.05) is 91.9 Å². The number of aryl methyl sites for hydroxylation is 1. The third kappa shape index (κ3) is 4.56. The predicted octanol–water partition coefficient (Wildman–Crippen LogP) is 5.49. The highest BCUT2D eigenvalue weighted by Crippen LogP contribution is 2.21. The summed E-state index contributed by atoms with van der Waals surface area (Å²) in [5, 5.41) is 0. The summed E-state index contributed by atoms with van der Waals surface area (Å²) in [6.45, 7) is 2.04. The van der Waals surface area contributed by atoms with Gasteiger partial charge in [0.15, 0.2) is 0 Å². The summed E-state index contributed by atoms with van der Waals surface area (Å²) in [7, 11) is -2.44. The second kappa shape index (κ2) is 7.45. The van der Waals surface area contributed by atoms with Gasteiger partial charge >= 0.3 is 0 Å². The van der Waals surface area contributed by atoms with Crippen LogP contribution in [0, 0.1) is 6.92 Å². The highest BCUT2D eigenvalue weighted by Gasteiger charge is 2.12. The molecule has 2 nitrogen and oxygen atoms in total. The third-order valence-corrected chi connectivity index (χ3v) is 5.89. The van der Waals surface area contributed by atoms with Crippen LogP contribution in [0.3, 0.4) is 0 Å². The highest BCUT2D eigenvalue weighted by atomic mass is 32.2. The van der Waals surface area contributed by atoms with Gasteiger partial charge in [-0.3, -0.25) is 0 Å².